The Balaban J connectivity index is 1.56. The highest BCUT2D eigenvalue weighted by molar-refractivity contribution is 9.10. The average molecular weight is 733 g/mol. The van der Waals surface area contributed by atoms with Crippen LogP contribution in [0, 0.1) is 6.92 Å². The van der Waals surface area contributed by atoms with Gasteiger partial charge in [-0.2, -0.15) is 0 Å². The maximum absolute atomic E-state index is 14.7. The Hall–Kier alpha value is -4.15. The third-order valence-electron chi connectivity index (χ3n) is 8.52. The zero-order valence-electron chi connectivity index (χ0n) is 27.3. The smallest absolute Gasteiger partial charge is 0.264 e. The van der Waals surface area contributed by atoms with Gasteiger partial charge in [-0.15, -0.1) is 0 Å². The zero-order chi connectivity index (χ0) is 34.1. The Morgan fingerprint density at radius 1 is 0.896 bits per heavy atom. The summed E-state index contributed by atoms with van der Waals surface area (Å²) in [7, 11) is -4.20. The molecule has 48 heavy (non-hydrogen) atoms. The van der Waals surface area contributed by atoms with Crippen molar-refractivity contribution in [3.05, 3.63) is 124 Å². The summed E-state index contributed by atoms with van der Waals surface area (Å²) in [4.78, 5) is 30.4. The van der Waals surface area contributed by atoms with Gasteiger partial charge in [-0.25, -0.2) is 8.42 Å². The second-order valence-electron chi connectivity index (χ2n) is 12.1. The van der Waals surface area contributed by atoms with E-state index >= 15 is 0 Å². The first-order chi connectivity index (χ1) is 23.1. The molecule has 0 heterocycles. The summed E-state index contributed by atoms with van der Waals surface area (Å²) in [6.45, 7) is 3.92. The topological polar surface area (TPSA) is 96.0 Å². The Morgan fingerprint density at radius 3 is 2.21 bits per heavy atom. The van der Waals surface area contributed by atoms with Crippen LogP contribution in [0.25, 0.3) is 0 Å². The van der Waals surface area contributed by atoms with Gasteiger partial charge in [0.1, 0.15) is 18.3 Å². The van der Waals surface area contributed by atoms with Crippen LogP contribution in [0.5, 0.6) is 5.75 Å². The lowest BCUT2D eigenvalue weighted by Crippen LogP contribution is -2.54. The fourth-order valence-electron chi connectivity index (χ4n) is 6.07. The lowest BCUT2D eigenvalue weighted by molar-refractivity contribution is -0.140. The third kappa shape index (κ3) is 9.05. The fourth-order valence-corrected chi connectivity index (χ4v) is 7.74. The molecule has 1 fully saturated rings. The summed E-state index contributed by atoms with van der Waals surface area (Å²) in [5, 5.41) is 3.21. The van der Waals surface area contributed by atoms with Crippen LogP contribution in [0.3, 0.4) is 0 Å². The van der Waals surface area contributed by atoms with Crippen LogP contribution < -0.4 is 14.4 Å². The third-order valence-corrected chi connectivity index (χ3v) is 10.8. The summed E-state index contributed by atoms with van der Waals surface area (Å²) < 4.78 is 36.0. The minimum atomic E-state index is -4.20. The zero-order valence-corrected chi connectivity index (χ0v) is 29.8. The number of carbonyl (C=O) groups excluding carboxylic acids is 2. The summed E-state index contributed by atoms with van der Waals surface area (Å²) in [5.74, 6) is -0.148. The molecule has 0 radical (unpaired) electrons. The number of aryl methyl sites for hydroxylation is 1. The summed E-state index contributed by atoms with van der Waals surface area (Å²) >= 11 is 3.38. The van der Waals surface area contributed by atoms with Gasteiger partial charge >= 0.3 is 0 Å². The molecule has 0 saturated heterocycles. The minimum Gasteiger partial charge on any atom is -0.494 e. The molecule has 0 aromatic heterocycles. The van der Waals surface area contributed by atoms with E-state index in [1.54, 1.807) is 41.3 Å². The van der Waals surface area contributed by atoms with Gasteiger partial charge in [0, 0.05) is 23.5 Å². The Labute approximate surface area is 292 Å². The van der Waals surface area contributed by atoms with Crippen LogP contribution in [0.2, 0.25) is 0 Å². The van der Waals surface area contributed by atoms with E-state index in [1.165, 1.54) is 12.1 Å². The van der Waals surface area contributed by atoms with Gasteiger partial charge in [-0.3, -0.25) is 13.9 Å². The maximum atomic E-state index is 14.7. The van der Waals surface area contributed by atoms with Crippen molar-refractivity contribution in [1.82, 2.24) is 10.2 Å². The molecule has 4 aromatic rings. The van der Waals surface area contributed by atoms with E-state index in [-0.39, 0.29) is 29.8 Å². The molecule has 0 bridgehead atoms. The quantitative estimate of drug-likeness (QED) is 0.150. The number of ether oxygens (including phenoxy) is 1. The molecule has 10 heteroatoms. The second kappa shape index (κ2) is 16.3. The van der Waals surface area contributed by atoms with Crippen molar-refractivity contribution in [2.24, 2.45) is 0 Å². The summed E-state index contributed by atoms with van der Waals surface area (Å²) in [6.07, 6.45) is 4.16. The molecular weight excluding hydrogens is 690 g/mol. The van der Waals surface area contributed by atoms with E-state index in [9.17, 15) is 18.0 Å². The van der Waals surface area contributed by atoms with Crippen molar-refractivity contribution in [2.75, 3.05) is 17.5 Å². The van der Waals surface area contributed by atoms with Gasteiger partial charge in [0.05, 0.1) is 17.2 Å². The number of rotatable bonds is 14. The number of nitrogens with one attached hydrogen (secondary N) is 1. The van der Waals surface area contributed by atoms with E-state index < -0.39 is 28.5 Å². The number of hydrogen-bond donors (Lipinski definition) is 1. The second-order valence-corrected chi connectivity index (χ2v) is 14.9. The Kier molecular flexibility index (Phi) is 11.9. The molecule has 1 aliphatic carbocycles. The van der Waals surface area contributed by atoms with E-state index in [0.29, 0.717) is 18.0 Å². The molecule has 252 valence electrons. The van der Waals surface area contributed by atoms with Crippen molar-refractivity contribution in [1.29, 1.82) is 0 Å². The molecule has 5 rings (SSSR count). The van der Waals surface area contributed by atoms with Gasteiger partial charge in [0.2, 0.25) is 11.8 Å². The van der Waals surface area contributed by atoms with Crippen LogP contribution in [-0.4, -0.2) is 50.4 Å². The molecule has 2 amide bonds. The molecular formula is C38H42BrN3O5S. The average Bonchev–Trinajstić information content (AvgIpc) is 3.59. The predicted octanol–water partition coefficient (Wildman–Crippen LogP) is 7.05. The van der Waals surface area contributed by atoms with Crippen molar-refractivity contribution in [2.45, 2.75) is 69.5 Å². The first-order valence-corrected chi connectivity index (χ1v) is 18.6. The molecule has 1 saturated carbocycles. The predicted molar refractivity (Wildman–Crippen MR) is 192 cm³/mol. The van der Waals surface area contributed by atoms with Gasteiger partial charge in [0.25, 0.3) is 10.0 Å². The van der Waals surface area contributed by atoms with Crippen molar-refractivity contribution < 1.29 is 22.7 Å². The Bertz CT molecular complexity index is 1780. The number of halogens is 1. The fraction of sp³-hybridized carbons (Fsp3) is 0.316. The molecule has 1 aliphatic rings. The van der Waals surface area contributed by atoms with Crippen LogP contribution >= 0.6 is 15.9 Å². The molecule has 1 N–H and O–H groups in total. The normalized spacial score (nSPS) is 13.9. The van der Waals surface area contributed by atoms with Crippen LogP contribution in [0.4, 0.5) is 5.69 Å². The number of benzene rings is 4. The highest BCUT2D eigenvalue weighted by Gasteiger charge is 2.35. The van der Waals surface area contributed by atoms with Gasteiger partial charge in [0.15, 0.2) is 0 Å². The molecule has 4 aromatic carbocycles. The number of amides is 2. The molecule has 1 atom stereocenters. The van der Waals surface area contributed by atoms with E-state index in [0.717, 1.165) is 51.2 Å². The summed E-state index contributed by atoms with van der Waals surface area (Å²) in [6, 6.07) is 29.5. The van der Waals surface area contributed by atoms with Gasteiger partial charge in [-0.05, 0) is 86.3 Å². The molecule has 0 unspecified atom stereocenters. The maximum Gasteiger partial charge on any atom is 0.264 e. The van der Waals surface area contributed by atoms with Gasteiger partial charge in [-0.1, -0.05) is 88.9 Å². The number of sulfonamides is 1. The lowest BCUT2D eigenvalue weighted by atomic mass is 10.0. The number of anilines is 1. The standard InChI is InChI=1S/C38H42BrN3O5S/c1-3-47-34-20-18-33(19-21-34)42(48(45,46)35-22-16-31(39)17-23-35)27-37(43)41(26-30-13-9-10-28(2)24-30)36(25-29-11-5-4-6-12-29)38(44)40-32-14-7-8-15-32/h4-6,9-13,16-24,32,36H,3,7-8,14-15,25-27H2,1-2H3,(H,40,44)/t36-/m1/s1. The van der Waals surface area contributed by atoms with E-state index in [1.807, 2.05) is 68.4 Å². The number of nitrogens with zero attached hydrogens (tertiary/aromatic N) is 2. The van der Waals surface area contributed by atoms with Crippen molar-refractivity contribution in [3.63, 3.8) is 0 Å². The van der Waals surface area contributed by atoms with Gasteiger partial charge < -0.3 is 15.0 Å². The SMILES string of the molecule is CCOc1ccc(N(CC(=O)N(Cc2cccc(C)c2)[C@H](Cc2ccccc2)C(=O)NC2CCCC2)S(=O)(=O)c2ccc(Br)cc2)cc1. The van der Waals surface area contributed by atoms with E-state index in [4.69, 9.17) is 4.74 Å². The Morgan fingerprint density at radius 2 is 1.56 bits per heavy atom. The van der Waals surface area contributed by atoms with Crippen molar-refractivity contribution in [3.8, 4) is 5.75 Å². The van der Waals surface area contributed by atoms with Crippen molar-refractivity contribution >= 4 is 43.5 Å². The summed E-state index contributed by atoms with van der Waals surface area (Å²) in [5.41, 5.74) is 3.07. The molecule has 0 spiro atoms. The van der Waals surface area contributed by atoms with Crippen LogP contribution in [0.1, 0.15) is 49.3 Å². The monoisotopic (exact) mass is 731 g/mol. The number of hydrogen-bond acceptors (Lipinski definition) is 5. The lowest BCUT2D eigenvalue weighted by Gasteiger charge is -2.34. The van der Waals surface area contributed by atoms with E-state index in [2.05, 4.69) is 21.2 Å². The highest BCUT2D eigenvalue weighted by atomic mass is 79.9. The highest BCUT2D eigenvalue weighted by Crippen LogP contribution is 2.28. The molecule has 0 aliphatic heterocycles. The largest absolute Gasteiger partial charge is 0.494 e. The van der Waals surface area contributed by atoms with Crippen LogP contribution in [-0.2, 0) is 32.6 Å². The first kappa shape index (κ1) is 35.2. The molecule has 8 nitrogen and oxygen atoms in total. The first-order valence-electron chi connectivity index (χ1n) is 16.3. The van der Waals surface area contributed by atoms with Crippen LogP contribution in [0.15, 0.2) is 112 Å². The minimum absolute atomic E-state index is 0.0393. The number of carbonyl (C=O) groups is 2.